The van der Waals surface area contributed by atoms with Gasteiger partial charge in [0.05, 0.1) is 0 Å². The predicted molar refractivity (Wildman–Crippen MR) is 93.0 cm³/mol. The molecule has 132 valence electrons. The summed E-state index contributed by atoms with van der Waals surface area (Å²) in [5, 5.41) is 2.66. The molecule has 0 fully saturated rings. The van der Waals surface area contributed by atoms with Crippen molar-refractivity contribution in [2.24, 2.45) is 0 Å². The molecule has 0 saturated carbocycles. The summed E-state index contributed by atoms with van der Waals surface area (Å²) in [7, 11) is 0.220. The van der Waals surface area contributed by atoms with Crippen LogP contribution in [0.4, 0.5) is 0 Å². The zero-order valence-electron chi connectivity index (χ0n) is 13.8. The van der Waals surface area contributed by atoms with Crippen LogP contribution in [0.15, 0.2) is 72.8 Å². The van der Waals surface area contributed by atoms with Crippen molar-refractivity contribution in [3.8, 4) is 0 Å². The Hall–Kier alpha value is 0.0901. The van der Waals surface area contributed by atoms with E-state index < -0.39 is 0 Å². The van der Waals surface area contributed by atoms with Gasteiger partial charge in [0.1, 0.15) is 0 Å². The second kappa shape index (κ2) is 16.6. The average Bonchev–Trinajstić information content (AvgIpc) is 2.95. The van der Waals surface area contributed by atoms with Crippen LogP contribution in [0.25, 0.3) is 10.8 Å². The Morgan fingerprint density at radius 1 is 0.833 bits per heavy atom. The summed E-state index contributed by atoms with van der Waals surface area (Å²) in [5.41, 5.74) is 1.35. The second-order valence-corrected chi connectivity index (χ2v) is 7.56. The van der Waals surface area contributed by atoms with Gasteiger partial charge >= 0.3 is 0 Å². The summed E-state index contributed by atoms with van der Waals surface area (Å²) in [6.45, 7) is 4.60. The number of benzene rings is 2. The van der Waals surface area contributed by atoms with Crippen LogP contribution in [-0.2, 0) is 25.8 Å². The van der Waals surface area contributed by atoms with Crippen molar-refractivity contribution in [2.75, 3.05) is 19.5 Å². The van der Waals surface area contributed by atoms with Crippen LogP contribution >= 0.6 is 7.92 Å². The van der Waals surface area contributed by atoms with Gasteiger partial charge in [0.2, 0.25) is 0 Å². The Bertz CT molecular complexity index is 596. The fraction of sp³-hybridized carbons (Fsp3) is 0.158. The molecule has 3 aromatic rings. The first-order valence-corrected chi connectivity index (χ1v) is 9.31. The SMILES string of the molecule is CP(C)C[CH-]c1ccccc1.[Cl-].[Cl-].[Cl-].[Hf].c1ccc2[cH-]ccc2c1. The molecule has 24 heavy (non-hydrogen) atoms. The summed E-state index contributed by atoms with van der Waals surface area (Å²) in [5.74, 6) is 0. The first-order valence-electron chi connectivity index (χ1n) is 6.89. The predicted octanol–water partition coefficient (Wildman–Crippen LogP) is -3.45. The van der Waals surface area contributed by atoms with Gasteiger partial charge in [-0.2, -0.15) is 41.6 Å². The fourth-order valence-electron chi connectivity index (χ4n) is 1.95. The van der Waals surface area contributed by atoms with Gasteiger partial charge in [-0.05, 0) is 13.3 Å². The molecule has 0 saturated heterocycles. The van der Waals surface area contributed by atoms with Gasteiger partial charge in [0, 0.05) is 25.8 Å². The Kier molecular flexibility index (Phi) is 19.9. The van der Waals surface area contributed by atoms with Crippen LogP contribution < -0.4 is 37.2 Å². The standard InChI is InChI=1S/C10H14P.C9H7.3ClH.Hf/c1-11(2)9-8-10-6-4-3-5-7-10;1-2-5-9-7-3-6-8(9)4-1;;;;/h3-8H,9H2,1-2H3;1-7H;3*1H;/q2*-1;;;;/p-3. The maximum Gasteiger partial charge on any atom is 0 e. The Balaban J connectivity index is -0.000000318. The van der Waals surface area contributed by atoms with E-state index in [0.717, 1.165) is 0 Å². The minimum Gasteiger partial charge on any atom is -1.00 e. The Morgan fingerprint density at radius 2 is 1.42 bits per heavy atom. The van der Waals surface area contributed by atoms with Gasteiger partial charge < -0.3 is 37.2 Å². The first-order chi connectivity index (χ1) is 9.75. The van der Waals surface area contributed by atoms with Crippen LogP contribution in [0.3, 0.4) is 0 Å². The number of hydrogen-bond acceptors (Lipinski definition) is 0. The number of hydrogen-bond donors (Lipinski definition) is 0. The van der Waals surface area contributed by atoms with Gasteiger partial charge in [-0.15, -0.1) is 49.7 Å². The summed E-state index contributed by atoms with van der Waals surface area (Å²) < 4.78 is 0. The van der Waals surface area contributed by atoms with Gasteiger partial charge in [-0.25, -0.2) is 0 Å². The molecular weight excluding hydrogens is 544 g/mol. The van der Waals surface area contributed by atoms with E-state index in [1.807, 2.05) is 0 Å². The first kappa shape index (κ1) is 28.9. The number of halogens is 3. The van der Waals surface area contributed by atoms with Crippen molar-refractivity contribution < 1.29 is 63.1 Å². The van der Waals surface area contributed by atoms with Gasteiger partial charge in [0.25, 0.3) is 0 Å². The van der Waals surface area contributed by atoms with E-state index in [1.165, 1.54) is 22.5 Å². The molecule has 0 nitrogen and oxygen atoms in total. The quantitative estimate of drug-likeness (QED) is 0.176. The van der Waals surface area contributed by atoms with E-state index >= 15 is 0 Å². The summed E-state index contributed by atoms with van der Waals surface area (Å²) in [6, 6.07) is 25.2. The normalized spacial score (nSPS) is 8.46. The topological polar surface area (TPSA) is 0 Å². The average molecular weight is 565 g/mol. The smallest absolute Gasteiger partial charge is 0 e. The molecular formula is C19H21Cl3HfP-5. The number of fused-ring (bicyclic) bond motifs is 1. The monoisotopic (exact) mass is 565 g/mol. The maximum atomic E-state index is 2.31. The van der Waals surface area contributed by atoms with Gasteiger partial charge in [-0.1, -0.05) is 18.3 Å². The molecule has 0 aliphatic rings. The van der Waals surface area contributed by atoms with Crippen molar-refractivity contribution in [3.63, 3.8) is 0 Å². The molecule has 3 aromatic carbocycles. The van der Waals surface area contributed by atoms with E-state index in [9.17, 15) is 0 Å². The van der Waals surface area contributed by atoms with Crippen LogP contribution in [0.1, 0.15) is 5.56 Å². The molecule has 0 amide bonds. The molecule has 0 bridgehead atoms. The molecule has 0 atom stereocenters. The molecule has 0 unspecified atom stereocenters. The zero-order valence-corrected chi connectivity index (χ0v) is 20.5. The van der Waals surface area contributed by atoms with E-state index in [2.05, 4.69) is 92.5 Å². The van der Waals surface area contributed by atoms with E-state index in [-0.39, 0.29) is 71.0 Å². The third-order valence-corrected chi connectivity index (χ3v) is 3.95. The maximum absolute atomic E-state index is 2.31. The largest absolute Gasteiger partial charge is 1.00 e. The second-order valence-electron chi connectivity index (χ2n) is 5.03. The molecule has 0 aliphatic heterocycles. The van der Waals surface area contributed by atoms with Crippen molar-refractivity contribution >= 4 is 18.7 Å². The van der Waals surface area contributed by atoms with E-state index in [4.69, 9.17) is 0 Å². The van der Waals surface area contributed by atoms with Crippen LogP contribution in [0.5, 0.6) is 0 Å². The molecule has 0 spiro atoms. The van der Waals surface area contributed by atoms with Crippen molar-refractivity contribution in [3.05, 3.63) is 84.8 Å². The number of rotatable bonds is 3. The van der Waals surface area contributed by atoms with Crippen molar-refractivity contribution in [1.29, 1.82) is 0 Å². The van der Waals surface area contributed by atoms with Gasteiger partial charge in [0.15, 0.2) is 0 Å². The molecule has 5 heteroatoms. The fourth-order valence-corrected chi connectivity index (χ4v) is 2.52. The third kappa shape index (κ3) is 10.9. The summed E-state index contributed by atoms with van der Waals surface area (Å²) in [4.78, 5) is 0. The van der Waals surface area contributed by atoms with Crippen LogP contribution in [0.2, 0.25) is 0 Å². The van der Waals surface area contributed by atoms with E-state index in [0.29, 0.717) is 0 Å². The minimum absolute atomic E-state index is 0. The molecule has 3 rings (SSSR count). The zero-order chi connectivity index (χ0) is 14.2. The molecule has 0 aromatic heterocycles. The van der Waals surface area contributed by atoms with Crippen molar-refractivity contribution in [1.82, 2.24) is 0 Å². The molecule has 0 N–H and O–H groups in total. The van der Waals surface area contributed by atoms with Crippen LogP contribution in [0, 0.1) is 6.42 Å². The summed E-state index contributed by atoms with van der Waals surface area (Å²) >= 11 is 0. The molecule has 0 aliphatic carbocycles. The van der Waals surface area contributed by atoms with E-state index in [1.54, 1.807) is 0 Å². The summed E-state index contributed by atoms with van der Waals surface area (Å²) in [6.07, 6.45) is 3.55. The Morgan fingerprint density at radius 3 is 2.00 bits per heavy atom. The minimum atomic E-state index is 0. The van der Waals surface area contributed by atoms with Crippen LogP contribution in [-0.4, -0.2) is 19.5 Å². The third-order valence-electron chi connectivity index (χ3n) is 3.04. The van der Waals surface area contributed by atoms with Gasteiger partial charge in [-0.3, -0.25) is 0 Å². The van der Waals surface area contributed by atoms with Crippen molar-refractivity contribution in [2.45, 2.75) is 0 Å². The molecule has 0 heterocycles. The Labute approximate surface area is 184 Å². The molecule has 0 radical (unpaired) electrons.